The van der Waals surface area contributed by atoms with E-state index in [9.17, 15) is 4.79 Å². The Kier molecular flexibility index (Phi) is 5.43. The lowest BCUT2D eigenvalue weighted by Crippen LogP contribution is -2.35. The van der Waals surface area contributed by atoms with E-state index >= 15 is 0 Å². The molecule has 0 aromatic carbocycles. The first-order valence-electron chi connectivity index (χ1n) is 5.75. The molecule has 1 aromatic heterocycles. The molecule has 17 heavy (non-hydrogen) atoms. The van der Waals surface area contributed by atoms with Crippen LogP contribution in [0.15, 0.2) is 11.4 Å². The van der Waals surface area contributed by atoms with E-state index in [-0.39, 0.29) is 24.4 Å². The fourth-order valence-corrected chi connectivity index (χ4v) is 2.86. The molecule has 0 spiro atoms. The van der Waals surface area contributed by atoms with Crippen LogP contribution in [0.25, 0.3) is 0 Å². The zero-order valence-electron chi connectivity index (χ0n) is 10.0. The van der Waals surface area contributed by atoms with Gasteiger partial charge in [0.05, 0.1) is 0 Å². The van der Waals surface area contributed by atoms with E-state index < -0.39 is 0 Å². The Morgan fingerprint density at radius 1 is 1.65 bits per heavy atom. The van der Waals surface area contributed by atoms with Gasteiger partial charge >= 0.3 is 0 Å². The second-order valence-electron chi connectivity index (χ2n) is 4.45. The molecular weight excluding hydrogens is 256 g/mol. The van der Waals surface area contributed by atoms with Gasteiger partial charge in [-0.15, -0.1) is 23.7 Å². The summed E-state index contributed by atoms with van der Waals surface area (Å²) in [6.45, 7) is 3.60. The molecule has 0 bridgehead atoms. The van der Waals surface area contributed by atoms with Crippen molar-refractivity contribution in [3.05, 3.63) is 21.9 Å². The third kappa shape index (κ3) is 3.69. The van der Waals surface area contributed by atoms with E-state index in [0.29, 0.717) is 6.42 Å². The SMILES string of the molecule is CC(N)CCC(=O)N1CCc2sccc2C1.Cl. The van der Waals surface area contributed by atoms with E-state index in [1.54, 1.807) is 11.3 Å². The molecule has 1 atom stereocenters. The number of carbonyl (C=O) groups excluding carboxylic acids is 1. The average molecular weight is 275 g/mol. The number of fused-ring (bicyclic) bond motifs is 1. The topological polar surface area (TPSA) is 46.3 Å². The van der Waals surface area contributed by atoms with Gasteiger partial charge in [0.1, 0.15) is 0 Å². The summed E-state index contributed by atoms with van der Waals surface area (Å²) in [5.74, 6) is 0.245. The van der Waals surface area contributed by atoms with Crippen LogP contribution in [0.1, 0.15) is 30.2 Å². The number of rotatable bonds is 3. The van der Waals surface area contributed by atoms with Crippen molar-refractivity contribution in [2.45, 2.75) is 38.8 Å². The highest BCUT2D eigenvalue weighted by atomic mass is 35.5. The Morgan fingerprint density at radius 3 is 3.12 bits per heavy atom. The smallest absolute Gasteiger partial charge is 0.222 e. The minimum Gasteiger partial charge on any atom is -0.338 e. The summed E-state index contributed by atoms with van der Waals surface area (Å²) >= 11 is 1.80. The molecular formula is C12H19ClN2OS. The molecule has 1 unspecified atom stereocenters. The molecule has 0 radical (unpaired) electrons. The summed E-state index contributed by atoms with van der Waals surface area (Å²) in [4.78, 5) is 15.3. The summed E-state index contributed by atoms with van der Waals surface area (Å²) < 4.78 is 0. The van der Waals surface area contributed by atoms with Gasteiger partial charge in [-0.05, 0) is 36.8 Å². The van der Waals surface area contributed by atoms with Crippen molar-refractivity contribution in [1.29, 1.82) is 0 Å². The zero-order chi connectivity index (χ0) is 11.5. The number of hydrogen-bond acceptors (Lipinski definition) is 3. The lowest BCUT2D eigenvalue weighted by Gasteiger charge is -2.27. The quantitative estimate of drug-likeness (QED) is 0.918. The summed E-state index contributed by atoms with van der Waals surface area (Å²) in [7, 11) is 0. The average Bonchev–Trinajstić information content (AvgIpc) is 2.72. The predicted octanol–water partition coefficient (Wildman–Crippen LogP) is 2.18. The van der Waals surface area contributed by atoms with Crippen molar-refractivity contribution >= 4 is 29.7 Å². The van der Waals surface area contributed by atoms with Crippen LogP contribution < -0.4 is 5.73 Å². The molecule has 1 aromatic rings. The Hall–Kier alpha value is -0.580. The first kappa shape index (κ1) is 14.5. The van der Waals surface area contributed by atoms with Gasteiger partial charge in [0.25, 0.3) is 0 Å². The number of nitrogens with zero attached hydrogens (tertiary/aromatic N) is 1. The first-order valence-corrected chi connectivity index (χ1v) is 6.63. The van der Waals surface area contributed by atoms with Gasteiger partial charge in [-0.1, -0.05) is 0 Å². The van der Waals surface area contributed by atoms with Gasteiger partial charge in [-0.25, -0.2) is 0 Å². The van der Waals surface area contributed by atoms with Gasteiger partial charge < -0.3 is 10.6 Å². The van der Waals surface area contributed by atoms with E-state index in [1.165, 1.54) is 10.4 Å². The molecule has 0 aliphatic carbocycles. The van der Waals surface area contributed by atoms with Gasteiger partial charge in [0, 0.05) is 30.4 Å². The summed E-state index contributed by atoms with van der Waals surface area (Å²) in [5, 5.41) is 2.11. The number of carbonyl (C=O) groups is 1. The molecule has 1 amide bonds. The van der Waals surface area contributed by atoms with Crippen molar-refractivity contribution in [3.8, 4) is 0 Å². The molecule has 1 aliphatic heterocycles. The standard InChI is InChI=1S/C12H18N2OS.ClH/c1-9(13)2-3-12(15)14-6-4-11-10(8-14)5-7-16-11;/h5,7,9H,2-4,6,8,13H2,1H3;1H. The normalized spacial score (nSPS) is 16.0. The molecule has 2 N–H and O–H groups in total. The van der Waals surface area contributed by atoms with Gasteiger partial charge in [0.2, 0.25) is 5.91 Å². The van der Waals surface area contributed by atoms with Gasteiger partial charge in [-0.2, -0.15) is 0 Å². The van der Waals surface area contributed by atoms with Crippen molar-refractivity contribution in [2.24, 2.45) is 5.73 Å². The molecule has 0 saturated heterocycles. The number of hydrogen-bond donors (Lipinski definition) is 1. The molecule has 1 aliphatic rings. The van der Waals surface area contributed by atoms with E-state index in [1.807, 2.05) is 11.8 Å². The highest BCUT2D eigenvalue weighted by Gasteiger charge is 2.20. The highest BCUT2D eigenvalue weighted by Crippen LogP contribution is 2.24. The Bertz CT molecular complexity index is 378. The molecule has 5 heteroatoms. The van der Waals surface area contributed by atoms with Crippen LogP contribution in [-0.4, -0.2) is 23.4 Å². The molecule has 96 valence electrons. The maximum atomic E-state index is 11.9. The second kappa shape index (κ2) is 6.38. The van der Waals surface area contributed by atoms with E-state index in [2.05, 4.69) is 11.4 Å². The molecule has 2 rings (SSSR count). The highest BCUT2D eigenvalue weighted by molar-refractivity contribution is 7.10. The van der Waals surface area contributed by atoms with Gasteiger partial charge in [-0.3, -0.25) is 4.79 Å². The van der Waals surface area contributed by atoms with Crippen LogP contribution in [0.3, 0.4) is 0 Å². The first-order chi connectivity index (χ1) is 7.66. The van der Waals surface area contributed by atoms with Crippen LogP contribution in [0.4, 0.5) is 0 Å². The fraction of sp³-hybridized carbons (Fsp3) is 0.583. The summed E-state index contributed by atoms with van der Waals surface area (Å²) in [6.07, 6.45) is 2.37. The number of nitrogens with two attached hydrogens (primary N) is 1. The van der Waals surface area contributed by atoms with E-state index in [4.69, 9.17) is 5.73 Å². The Morgan fingerprint density at radius 2 is 2.41 bits per heavy atom. The molecule has 3 nitrogen and oxygen atoms in total. The lowest BCUT2D eigenvalue weighted by atomic mass is 10.1. The maximum Gasteiger partial charge on any atom is 0.222 e. The predicted molar refractivity (Wildman–Crippen MR) is 73.6 cm³/mol. The monoisotopic (exact) mass is 274 g/mol. The number of halogens is 1. The number of amides is 1. The zero-order valence-corrected chi connectivity index (χ0v) is 11.6. The Labute approximate surface area is 112 Å². The van der Waals surface area contributed by atoms with Gasteiger partial charge in [0.15, 0.2) is 0 Å². The van der Waals surface area contributed by atoms with Crippen molar-refractivity contribution < 1.29 is 4.79 Å². The molecule has 0 saturated carbocycles. The summed E-state index contributed by atoms with van der Waals surface area (Å²) in [5.41, 5.74) is 6.99. The minimum atomic E-state index is 0. The maximum absolute atomic E-state index is 11.9. The Balaban J connectivity index is 0.00000144. The molecule has 0 fully saturated rings. The summed E-state index contributed by atoms with van der Waals surface area (Å²) in [6, 6.07) is 2.25. The molecule has 2 heterocycles. The number of thiophene rings is 1. The largest absolute Gasteiger partial charge is 0.338 e. The van der Waals surface area contributed by atoms with Crippen LogP contribution in [0, 0.1) is 0 Å². The van der Waals surface area contributed by atoms with Crippen molar-refractivity contribution in [1.82, 2.24) is 4.90 Å². The fourth-order valence-electron chi connectivity index (χ4n) is 1.97. The minimum absolute atomic E-state index is 0. The third-order valence-corrected chi connectivity index (χ3v) is 4.00. The second-order valence-corrected chi connectivity index (χ2v) is 5.45. The van der Waals surface area contributed by atoms with Crippen LogP contribution in [0.2, 0.25) is 0 Å². The lowest BCUT2D eigenvalue weighted by molar-refractivity contribution is -0.132. The van der Waals surface area contributed by atoms with Crippen LogP contribution >= 0.6 is 23.7 Å². The van der Waals surface area contributed by atoms with Crippen molar-refractivity contribution in [2.75, 3.05) is 6.54 Å². The third-order valence-electron chi connectivity index (χ3n) is 2.97. The van der Waals surface area contributed by atoms with Crippen LogP contribution in [-0.2, 0) is 17.8 Å². The van der Waals surface area contributed by atoms with Crippen molar-refractivity contribution in [3.63, 3.8) is 0 Å². The van der Waals surface area contributed by atoms with E-state index in [0.717, 1.165) is 25.9 Å². The van der Waals surface area contributed by atoms with Crippen LogP contribution in [0.5, 0.6) is 0 Å².